The number of halogens is 3. The van der Waals surface area contributed by atoms with Crippen LogP contribution in [0.2, 0.25) is 0 Å². The van der Waals surface area contributed by atoms with Gasteiger partial charge in [0, 0.05) is 35.0 Å². The molecule has 0 unspecified atom stereocenters. The van der Waals surface area contributed by atoms with Crippen molar-refractivity contribution in [3.8, 4) is 22.3 Å². The zero-order chi connectivity index (χ0) is 18.9. The summed E-state index contributed by atoms with van der Waals surface area (Å²) < 4.78 is 0. The highest BCUT2D eigenvalue weighted by atomic mass is 35.5. The van der Waals surface area contributed by atoms with Crippen molar-refractivity contribution in [2.75, 3.05) is 18.8 Å². The fourth-order valence-electron chi connectivity index (χ4n) is 4.15. The van der Waals surface area contributed by atoms with Gasteiger partial charge in [-0.15, -0.1) is 37.2 Å². The number of nitrogens with two attached hydrogens (primary N) is 1. The van der Waals surface area contributed by atoms with E-state index in [-0.39, 0.29) is 37.2 Å². The number of nitrogens with one attached hydrogen (secondary N) is 2. The first kappa shape index (κ1) is 25.0. The van der Waals surface area contributed by atoms with Gasteiger partial charge >= 0.3 is 0 Å². The highest BCUT2D eigenvalue weighted by molar-refractivity contribution is 5.90. The fraction of sp³-hybridized carbons (Fsp3) is 0.217. The molecule has 0 atom stereocenters. The van der Waals surface area contributed by atoms with E-state index in [9.17, 15) is 0 Å². The average molecular weight is 479 g/mol. The van der Waals surface area contributed by atoms with Crippen molar-refractivity contribution in [3.63, 3.8) is 0 Å². The summed E-state index contributed by atoms with van der Waals surface area (Å²) in [5, 5.41) is 13.5. The molecule has 2 aromatic heterocycles. The van der Waals surface area contributed by atoms with E-state index in [0.29, 0.717) is 11.7 Å². The minimum absolute atomic E-state index is 0. The second kappa shape index (κ2) is 10.8. The smallest absolute Gasteiger partial charge is 0.131 e. The van der Waals surface area contributed by atoms with Crippen molar-refractivity contribution < 1.29 is 0 Å². The first-order valence-corrected chi connectivity index (χ1v) is 9.79. The fourth-order valence-corrected chi connectivity index (χ4v) is 4.15. The van der Waals surface area contributed by atoms with Gasteiger partial charge in [-0.3, -0.25) is 5.10 Å². The number of piperidine rings is 1. The number of H-pyrrole nitrogens is 1. The molecule has 0 radical (unpaired) electrons. The molecule has 5 nitrogen and oxygen atoms in total. The standard InChI is InChI=1S/C23H23N5.3ClH/c24-23-20(18-6-5-15-3-1-2-4-17(15)11-18)12-19(13-26-23)21-14-27-28-22(21)16-7-9-25-10-8-16;;;/h1-6,11-14,16,25H,7-10H2,(H2,24,26)(H,27,28);3*1H. The number of nitrogen functional groups attached to an aromatic ring is 1. The molecule has 0 amide bonds. The molecule has 0 bridgehead atoms. The molecule has 1 saturated heterocycles. The van der Waals surface area contributed by atoms with Gasteiger partial charge in [-0.05, 0) is 54.4 Å². The van der Waals surface area contributed by atoms with Crippen LogP contribution < -0.4 is 11.1 Å². The molecule has 1 fully saturated rings. The maximum Gasteiger partial charge on any atom is 0.131 e. The van der Waals surface area contributed by atoms with E-state index in [0.717, 1.165) is 53.9 Å². The summed E-state index contributed by atoms with van der Waals surface area (Å²) in [6.07, 6.45) is 6.06. The normalized spacial score (nSPS) is 13.7. The summed E-state index contributed by atoms with van der Waals surface area (Å²) in [6.45, 7) is 2.08. The second-order valence-electron chi connectivity index (χ2n) is 7.43. The highest BCUT2D eigenvalue weighted by Gasteiger charge is 2.22. The zero-order valence-electron chi connectivity index (χ0n) is 16.9. The molecular formula is C23H26Cl3N5. The van der Waals surface area contributed by atoms with Crippen LogP contribution in [-0.2, 0) is 0 Å². The SMILES string of the molecule is Cl.Cl.Cl.Nc1ncc(-c2c[nH]nc2C2CCNCC2)cc1-c1ccc2ccccc2c1. The first-order valence-electron chi connectivity index (χ1n) is 9.79. The maximum absolute atomic E-state index is 6.26. The van der Waals surface area contributed by atoms with Crippen LogP contribution in [0.4, 0.5) is 5.82 Å². The lowest BCUT2D eigenvalue weighted by Crippen LogP contribution is -2.27. The van der Waals surface area contributed by atoms with Crippen LogP contribution in [0, 0.1) is 0 Å². The lowest BCUT2D eigenvalue weighted by molar-refractivity contribution is 0.453. The summed E-state index contributed by atoms with van der Waals surface area (Å²) in [5.41, 5.74) is 11.6. The number of benzene rings is 2. The number of hydrogen-bond acceptors (Lipinski definition) is 4. The Morgan fingerprint density at radius 3 is 2.35 bits per heavy atom. The van der Waals surface area contributed by atoms with Crippen LogP contribution in [0.5, 0.6) is 0 Å². The van der Waals surface area contributed by atoms with Gasteiger partial charge in [-0.25, -0.2) is 4.98 Å². The number of fused-ring (bicyclic) bond motifs is 1. The van der Waals surface area contributed by atoms with Gasteiger partial charge in [0.2, 0.25) is 0 Å². The molecule has 1 aliphatic heterocycles. The Morgan fingerprint density at radius 2 is 1.58 bits per heavy atom. The van der Waals surface area contributed by atoms with E-state index in [1.165, 1.54) is 10.8 Å². The van der Waals surface area contributed by atoms with Crippen LogP contribution in [0.3, 0.4) is 0 Å². The number of aromatic amines is 1. The van der Waals surface area contributed by atoms with Crippen LogP contribution in [0.25, 0.3) is 33.0 Å². The number of pyridine rings is 1. The molecule has 31 heavy (non-hydrogen) atoms. The number of anilines is 1. The highest BCUT2D eigenvalue weighted by Crippen LogP contribution is 2.35. The Hall–Kier alpha value is -2.31. The van der Waals surface area contributed by atoms with Crippen molar-refractivity contribution in [1.82, 2.24) is 20.5 Å². The van der Waals surface area contributed by atoms with Gasteiger partial charge in [-0.1, -0.05) is 36.4 Å². The molecule has 0 spiro atoms. The lowest BCUT2D eigenvalue weighted by atomic mass is 9.90. The van der Waals surface area contributed by atoms with Crippen molar-refractivity contribution in [2.45, 2.75) is 18.8 Å². The Kier molecular flexibility index (Phi) is 8.71. The summed E-state index contributed by atoms with van der Waals surface area (Å²) in [5.74, 6) is 1.02. The molecule has 3 heterocycles. The van der Waals surface area contributed by atoms with Crippen LogP contribution >= 0.6 is 37.2 Å². The summed E-state index contributed by atoms with van der Waals surface area (Å²) in [6, 6.07) is 16.9. The quantitative estimate of drug-likeness (QED) is 0.358. The van der Waals surface area contributed by atoms with E-state index >= 15 is 0 Å². The molecule has 5 rings (SSSR count). The molecule has 8 heteroatoms. The predicted molar refractivity (Wildman–Crippen MR) is 136 cm³/mol. The molecular weight excluding hydrogens is 453 g/mol. The molecule has 0 aliphatic carbocycles. The number of nitrogens with zero attached hydrogens (tertiary/aromatic N) is 2. The molecule has 164 valence electrons. The number of aromatic nitrogens is 3. The van der Waals surface area contributed by atoms with E-state index in [2.05, 4.69) is 69.0 Å². The monoisotopic (exact) mass is 477 g/mol. The van der Waals surface area contributed by atoms with Crippen molar-refractivity contribution >= 4 is 53.8 Å². The third kappa shape index (κ3) is 4.96. The second-order valence-corrected chi connectivity index (χ2v) is 7.43. The van der Waals surface area contributed by atoms with Crippen LogP contribution in [0.1, 0.15) is 24.5 Å². The average Bonchev–Trinajstić information content (AvgIpc) is 3.24. The predicted octanol–water partition coefficient (Wildman–Crippen LogP) is 5.61. The Balaban J connectivity index is 0.00000114. The van der Waals surface area contributed by atoms with E-state index in [4.69, 9.17) is 5.73 Å². The zero-order valence-corrected chi connectivity index (χ0v) is 19.3. The topological polar surface area (TPSA) is 79.6 Å². The Morgan fingerprint density at radius 1 is 0.839 bits per heavy atom. The van der Waals surface area contributed by atoms with E-state index < -0.39 is 0 Å². The first-order chi connectivity index (χ1) is 13.8. The van der Waals surface area contributed by atoms with Gasteiger partial charge in [0.05, 0.1) is 5.69 Å². The largest absolute Gasteiger partial charge is 0.383 e. The summed E-state index contributed by atoms with van der Waals surface area (Å²) in [4.78, 5) is 4.50. The third-order valence-corrected chi connectivity index (χ3v) is 5.69. The van der Waals surface area contributed by atoms with Crippen LogP contribution in [0.15, 0.2) is 60.9 Å². The Labute approximate surface area is 200 Å². The van der Waals surface area contributed by atoms with Gasteiger partial charge in [0.15, 0.2) is 0 Å². The van der Waals surface area contributed by atoms with Crippen molar-refractivity contribution in [1.29, 1.82) is 0 Å². The summed E-state index contributed by atoms with van der Waals surface area (Å²) in [7, 11) is 0. The molecule has 4 aromatic rings. The minimum atomic E-state index is 0. The molecule has 0 saturated carbocycles. The van der Waals surface area contributed by atoms with Gasteiger partial charge in [0.1, 0.15) is 5.82 Å². The number of rotatable bonds is 3. The van der Waals surface area contributed by atoms with Crippen LogP contribution in [-0.4, -0.2) is 28.3 Å². The Bertz CT molecular complexity index is 1140. The van der Waals surface area contributed by atoms with Crippen molar-refractivity contribution in [3.05, 3.63) is 66.6 Å². The van der Waals surface area contributed by atoms with Gasteiger partial charge < -0.3 is 11.1 Å². The third-order valence-electron chi connectivity index (χ3n) is 5.69. The molecule has 1 aliphatic rings. The molecule has 2 aromatic carbocycles. The molecule has 4 N–H and O–H groups in total. The lowest BCUT2D eigenvalue weighted by Gasteiger charge is -2.22. The number of hydrogen-bond donors (Lipinski definition) is 3. The van der Waals surface area contributed by atoms with E-state index in [1.807, 2.05) is 12.4 Å². The summed E-state index contributed by atoms with van der Waals surface area (Å²) >= 11 is 0. The van der Waals surface area contributed by atoms with E-state index in [1.54, 1.807) is 0 Å². The van der Waals surface area contributed by atoms with Crippen molar-refractivity contribution in [2.24, 2.45) is 0 Å². The minimum Gasteiger partial charge on any atom is -0.383 e. The van der Waals surface area contributed by atoms with Gasteiger partial charge in [0.25, 0.3) is 0 Å². The maximum atomic E-state index is 6.26. The van der Waals surface area contributed by atoms with Gasteiger partial charge in [-0.2, -0.15) is 5.10 Å².